The van der Waals surface area contributed by atoms with E-state index in [0.717, 1.165) is 25.4 Å². The predicted octanol–water partition coefficient (Wildman–Crippen LogP) is 2.86. The fourth-order valence-corrected chi connectivity index (χ4v) is 2.45. The van der Waals surface area contributed by atoms with Crippen LogP contribution in [-0.4, -0.2) is 37.8 Å². The second-order valence-electron chi connectivity index (χ2n) is 4.98. The Kier molecular flexibility index (Phi) is 5.43. The number of hydrogen-bond acceptors (Lipinski definition) is 3. The third kappa shape index (κ3) is 4.37. The summed E-state index contributed by atoms with van der Waals surface area (Å²) in [7, 11) is 1.81. The van der Waals surface area contributed by atoms with E-state index in [0.29, 0.717) is 12.7 Å². The number of likely N-dealkylation sites (tertiary alicyclic amines) is 1. The Labute approximate surface area is 115 Å². The molecule has 1 atom stereocenters. The summed E-state index contributed by atoms with van der Waals surface area (Å²) in [6, 6.07) is 8.32. The Morgan fingerprint density at radius 2 is 2.16 bits per heavy atom. The molecule has 1 saturated heterocycles. The van der Waals surface area contributed by atoms with Gasteiger partial charge in [0.25, 0.3) is 0 Å². The monoisotopic (exact) mass is 261 g/mol. The molecule has 1 aliphatic rings. The van der Waals surface area contributed by atoms with Gasteiger partial charge >= 0.3 is 0 Å². The van der Waals surface area contributed by atoms with E-state index in [4.69, 9.17) is 9.47 Å². The van der Waals surface area contributed by atoms with Crippen molar-refractivity contribution in [3.05, 3.63) is 42.5 Å². The summed E-state index contributed by atoms with van der Waals surface area (Å²) in [5.41, 5.74) is 1.32. The van der Waals surface area contributed by atoms with E-state index in [9.17, 15) is 0 Å². The maximum Gasteiger partial charge on any atom is 0.119 e. The van der Waals surface area contributed by atoms with E-state index >= 15 is 0 Å². The average Bonchev–Trinajstić information content (AvgIpc) is 2.47. The summed E-state index contributed by atoms with van der Waals surface area (Å²) in [5.74, 6) is 0.900. The van der Waals surface area contributed by atoms with E-state index in [-0.39, 0.29) is 0 Å². The highest BCUT2D eigenvalue weighted by Gasteiger charge is 2.19. The van der Waals surface area contributed by atoms with Crippen molar-refractivity contribution >= 4 is 0 Å². The van der Waals surface area contributed by atoms with Crippen LogP contribution >= 0.6 is 0 Å². The standard InChI is InChI=1S/C16H23NO2/c1-3-11-19-15-8-6-14(7-9-15)12-17-10-4-5-16(13-17)18-2/h3,6-9,16H,1,4-5,10-13H2,2H3. The molecule has 3 heteroatoms. The fraction of sp³-hybridized carbons (Fsp3) is 0.500. The zero-order valence-corrected chi connectivity index (χ0v) is 11.7. The van der Waals surface area contributed by atoms with Gasteiger partial charge in [-0.3, -0.25) is 4.90 Å². The first kappa shape index (κ1) is 14.1. The lowest BCUT2D eigenvalue weighted by Crippen LogP contribution is -2.38. The summed E-state index contributed by atoms with van der Waals surface area (Å²) in [6.45, 7) is 7.38. The zero-order valence-electron chi connectivity index (χ0n) is 11.7. The summed E-state index contributed by atoms with van der Waals surface area (Å²) in [4.78, 5) is 2.46. The number of piperidine rings is 1. The quantitative estimate of drug-likeness (QED) is 0.735. The molecule has 0 aromatic heterocycles. The topological polar surface area (TPSA) is 21.7 Å². The Hall–Kier alpha value is -1.32. The smallest absolute Gasteiger partial charge is 0.119 e. The Balaban J connectivity index is 1.86. The number of hydrogen-bond donors (Lipinski definition) is 0. The Morgan fingerprint density at radius 3 is 2.84 bits per heavy atom. The van der Waals surface area contributed by atoms with Gasteiger partial charge in [-0.05, 0) is 37.1 Å². The van der Waals surface area contributed by atoms with Crippen LogP contribution in [0.5, 0.6) is 5.75 Å². The minimum Gasteiger partial charge on any atom is -0.490 e. The SMILES string of the molecule is C=CCOc1ccc(CN2CCCC(OC)C2)cc1. The highest BCUT2D eigenvalue weighted by atomic mass is 16.5. The van der Waals surface area contributed by atoms with Crippen molar-refractivity contribution in [2.24, 2.45) is 0 Å². The van der Waals surface area contributed by atoms with Gasteiger partial charge in [-0.1, -0.05) is 24.8 Å². The van der Waals surface area contributed by atoms with Crippen LogP contribution in [0.1, 0.15) is 18.4 Å². The van der Waals surface area contributed by atoms with Crippen LogP contribution in [0.3, 0.4) is 0 Å². The van der Waals surface area contributed by atoms with Crippen molar-refractivity contribution in [3.8, 4) is 5.75 Å². The van der Waals surface area contributed by atoms with Crippen LogP contribution in [0.25, 0.3) is 0 Å². The number of benzene rings is 1. The van der Waals surface area contributed by atoms with Gasteiger partial charge in [0.1, 0.15) is 12.4 Å². The molecule has 3 nitrogen and oxygen atoms in total. The molecule has 1 unspecified atom stereocenters. The molecule has 0 spiro atoms. The van der Waals surface area contributed by atoms with E-state index < -0.39 is 0 Å². The normalized spacial score (nSPS) is 20.2. The van der Waals surface area contributed by atoms with Gasteiger partial charge in [0.2, 0.25) is 0 Å². The van der Waals surface area contributed by atoms with E-state index in [2.05, 4.69) is 23.6 Å². The molecule has 1 fully saturated rings. The number of ether oxygens (including phenoxy) is 2. The summed E-state index contributed by atoms with van der Waals surface area (Å²) in [6.07, 6.45) is 4.55. The van der Waals surface area contributed by atoms with E-state index in [1.807, 2.05) is 12.1 Å². The average molecular weight is 261 g/mol. The molecular weight excluding hydrogens is 238 g/mol. The molecule has 1 heterocycles. The fourth-order valence-electron chi connectivity index (χ4n) is 2.45. The summed E-state index contributed by atoms with van der Waals surface area (Å²) < 4.78 is 10.9. The van der Waals surface area contributed by atoms with Gasteiger partial charge < -0.3 is 9.47 Å². The van der Waals surface area contributed by atoms with E-state index in [1.165, 1.54) is 18.4 Å². The van der Waals surface area contributed by atoms with Crippen molar-refractivity contribution in [3.63, 3.8) is 0 Å². The molecule has 0 saturated carbocycles. The molecule has 0 radical (unpaired) electrons. The third-order valence-electron chi connectivity index (χ3n) is 3.49. The van der Waals surface area contributed by atoms with Gasteiger partial charge in [-0.15, -0.1) is 0 Å². The number of nitrogens with zero attached hydrogens (tertiary/aromatic N) is 1. The molecule has 0 amide bonds. The minimum atomic E-state index is 0.393. The third-order valence-corrected chi connectivity index (χ3v) is 3.49. The Bertz CT molecular complexity index is 388. The van der Waals surface area contributed by atoms with Crippen molar-refractivity contribution in [1.29, 1.82) is 0 Å². The maximum absolute atomic E-state index is 5.48. The highest BCUT2D eigenvalue weighted by molar-refractivity contribution is 5.27. The minimum absolute atomic E-state index is 0.393. The molecule has 1 aromatic rings. The van der Waals surface area contributed by atoms with Crippen LogP contribution in [-0.2, 0) is 11.3 Å². The zero-order chi connectivity index (χ0) is 13.5. The van der Waals surface area contributed by atoms with Gasteiger partial charge in [0.05, 0.1) is 6.10 Å². The first-order valence-electron chi connectivity index (χ1n) is 6.89. The van der Waals surface area contributed by atoms with Crippen molar-refractivity contribution in [2.45, 2.75) is 25.5 Å². The molecule has 1 aliphatic heterocycles. The van der Waals surface area contributed by atoms with E-state index in [1.54, 1.807) is 13.2 Å². The lowest BCUT2D eigenvalue weighted by Gasteiger charge is -2.31. The molecule has 104 valence electrons. The first-order chi connectivity index (χ1) is 9.31. The largest absolute Gasteiger partial charge is 0.490 e. The lowest BCUT2D eigenvalue weighted by molar-refractivity contribution is 0.0285. The van der Waals surface area contributed by atoms with Crippen LogP contribution in [0, 0.1) is 0 Å². The van der Waals surface area contributed by atoms with Crippen LogP contribution in [0.2, 0.25) is 0 Å². The van der Waals surface area contributed by atoms with Gasteiger partial charge in [-0.2, -0.15) is 0 Å². The van der Waals surface area contributed by atoms with Crippen molar-refractivity contribution < 1.29 is 9.47 Å². The maximum atomic E-state index is 5.48. The predicted molar refractivity (Wildman–Crippen MR) is 77.4 cm³/mol. The molecule has 1 aromatic carbocycles. The van der Waals surface area contributed by atoms with Crippen molar-refractivity contribution in [1.82, 2.24) is 4.90 Å². The highest BCUT2D eigenvalue weighted by Crippen LogP contribution is 2.17. The molecule has 0 N–H and O–H groups in total. The second kappa shape index (κ2) is 7.31. The van der Waals surface area contributed by atoms with Crippen LogP contribution in [0.15, 0.2) is 36.9 Å². The number of rotatable bonds is 6. The van der Waals surface area contributed by atoms with Gasteiger partial charge in [0, 0.05) is 20.2 Å². The molecule has 2 rings (SSSR count). The number of methoxy groups -OCH3 is 1. The Morgan fingerprint density at radius 1 is 1.37 bits per heavy atom. The lowest BCUT2D eigenvalue weighted by atomic mass is 10.1. The second-order valence-corrected chi connectivity index (χ2v) is 4.98. The molecule has 0 aliphatic carbocycles. The van der Waals surface area contributed by atoms with Gasteiger partial charge in [0.15, 0.2) is 0 Å². The van der Waals surface area contributed by atoms with Gasteiger partial charge in [-0.25, -0.2) is 0 Å². The first-order valence-corrected chi connectivity index (χ1v) is 6.89. The molecule has 0 bridgehead atoms. The summed E-state index contributed by atoms with van der Waals surface area (Å²) >= 11 is 0. The van der Waals surface area contributed by atoms with Crippen LogP contribution < -0.4 is 4.74 Å². The van der Waals surface area contributed by atoms with Crippen molar-refractivity contribution in [2.75, 3.05) is 26.8 Å². The molecular formula is C16H23NO2. The summed E-state index contributed by atoms with van der Waals surface area (Å²) in [5, 5.41) is 0. The van der Waals surface area contributed by atoms with Crippen LogP contribution in [0.4, 0.5) is 0 Å². The molecule has 19 heavy (non-hydrogen) atoms.